The van der Waals surface area contributed by atoms with E-state index < -0.39 is 14.9 Å². The highest BCUT2D eigenvalue weighted by Crippen LogP contribution is 2.22. The highest BCUT2D eigenvalue weighted by atomic mass is 32.2. The fourth-order valence-corrected chi connectivity index (χ4v) is 3.16. The maximum atomic E-state index is 12.3. The number of aryl methyl sites for hydroxylation is 1. The molecule has 0 saturated carbocycles. The largest absolute Gasteiger partial charge is 0.378 e. The smallest absolute Gasteiger partial charge is 0.273 e. The molecule has 0 aliphatic heterocycles. The van der Waals surface area contributed by atoms with Gasteiger partial charge in [-0.15, -0.1) is 0 Å². The Hall–Kier alpha value is -2.45. The van der Waals surface area contributed by atoms with Crippen LogP contribution < -0.4 is 9.62 Å². The molecule has 0 unspecified atom stereocenters. The first kappa shape index (κ1) is 17.9. The standard InChI is InChI=1S/C16H19N3O4S/c1-12-4-9-15(10-16(12)19(20)21)24(22,23)17-11-13-5-7-14(8-6-13)18(2)3/h4-10,17H,11H2,1-3H3. The zero-order valence-electron chi connectivity index (χ0n) is 13.7. The molecule has 1 N–H and O–H groups in total. The lowest BCUT2D eigenvalue weighted by Gasteiger charge is -2.13. The van der Waals surface area contributed by atoms with Crippen molar-refractivity contribution in [2.45, 2.75) is 18.4 Å². The lowest BCUT2D eigenvalue weighted by molar-refractivity contribution is -0.385. The predicted molar refractivity (Wildman–Crippen MR) is 92.6 cm³/mol. The maximum Gasteiger partial charge on any atom is 0.273 e. The molecule has 0 heterocycles. The van der Waals surface area contributed by atoms with E-state index in [1.54, 1.807) is 6.92 Å². The molecule has 0 aromatic heterocycles. The van der Waals surface area contributed by atoms with Gasteiger partial charge in [-0.05, 0) is 30.7 Å². The van der Waals surface area contributed by atoms with Crippen LogP contribution in [0.4, 0.5) is 11.4 Å². The van der Waals surface area contributed by atoms with Gasteiger partial charge in [-0.1, -0.05) is 18.2 Å². The molecule has 2 aromatic rings. The summed E-state index contributed by atoms with van der Waals surface area (Å²) in [6.07, 6.45) is 0. The second-order valence-corrected chi connectivity index (χ2v) is 7.36. The first-order chi connectivity index (χ1) is 11.2. The number of benzene rings is 2. The van der Waals surface area contributed by atoms with Gasteiger partial charge in [0.25, 0.3) is 5.69 Å². The van der Waals surface area contributed by atoms with Crippen molar-refractivity contribution >= 4 is 21.4 Å². The quantitative estimate of drug-likeness (QED) is 0.639. The molecule has 0 spiro atoms. The molecule has 0 radical (unpaired) electrons. The lowest BCUT2D eigenvalue weighted by atomic mass is 10.2. The van der Waals surface area contributed by atoms with Gasteiger partial charge < -0.3 is 4.90 Å². The van der Waals surface area contributed by atoms with Crippen molar-refractivity contribution < 1.29 is 13.3 Å². The Labute approximate surface area is 141 Å². The second kappa shape index (κ2) is 6.98. The van der Waals surface area contributed by atoms with Crippen LogP contribution in [-0.2, 0) is 16.6 Å². The van der Waals surface area contributed by atoms with Crippen molar-refractivity contribution in [3.05, 3.63) is 63.7 Å². The highest BCUT2D eigenvalue weighted by Gasteiger charge is 2.19. The number of nitrogens with zero attached hydrogens (tertiary/aromatic N) is 2. The summed E-state index contributed by atoms with van der Waals surface area (Å²) in [4.78, 5) is 12.2. The molecule has 0 aliphatic carbocycles. The van der Waals surface area contributed by atoms with Gasteiger partial charge in [0, 0.05) is 38.0 Å². The molecular weight excluding hydrogens is 330 g/mol. The number of nitro groups is 1. The van der Waals surface area contributed by atoms with Crippen LogP contribution in [0.25, 0.3) is 0 Å². The van der Waals surface area contributed by atoms with Gasteiger partial charge in [-0.2, -0.15) is 0 Å². The number of hydrogen-bond acceptors (Lipinski definition) is 5. The molecule has 0 fully saturated rings. The van der Waals surface area contributed by atoms with Crippen molar-refractivity contribution in [1.29, 1.82) is 0 Å². The zero-order valence-corrected chi connectivity index (χ0v) is 14.5. The van der Waals surface area contributed by atoms with E-state index in [0.29, 0.717) is 5.56 Å². The summed E-state index contributed by atoms with van der Waals surface area (Å²) in [7, 11) is 0.0148. The van der Waals surface area contributed by atoms with Crippen molar-refractivity contribution in [3.63, 3.8) is 0 Å². The Kier molecular flexibility index (Phi) is 5.20. The van der Waals surface area contributed by atoms with Crippen LogP contribution in [0.3, 0.4) is 0 Å². The second-order valence-electron chi connectivity index (χ2n) is 5.59. The average molecular weight is 349 g/mol. The Bertz CT molecular complexity index is 846. The van der Waals surface area contributed by atoms with Crippen molar-refractivity contribution in [2.24, 2.45) is 0 Å². The number of anilines is 1. The van der Waals surface area contributed by atoms with Crippen LogP contribution in [0.2, 0.25) is 0 Å². The van der Waals surface area contributed by atoms with Gasteiger partial charge in [0.05, 0.1) is 9.82 Å². The Balaban J connectivity index is 2.17. The van der Waals surface area contributed by atoms with E-state index in [4.69, 9.17) is 0 Å². The topological polar surface area (TPSA) is 92.6 Å². The Morgan fingerprint density at radius 3 is 2.29 bits per heavy atom. The van der Waals surface area contributed by atoms with Gasteiger partial charge >= 0.3 is 0 Å². The molecule has 7 nitrogen and oxygen atoms in total. The third-order valence-electron chi connectivity index (χ3n) is 3.61. The molecule has 128 valence electrons. The number of hydrogen-bond donors (Lipinski definition) is 1. The fraction of sp³-hybridized carbons (Fsp3) is 0.250. The highest BCUT2D eigenvalue weighted by molar-refractivity contribution is 7.89. The van der Waals surface area contributed by atoms with Crippen LogP contribution >= 0.6 is 0 Å². The van der Waals surface area contributed by atoms with E-state index in [1.807, 2.05) is 43.3 Å². The summed E-state index contributed by atoms with van der Waals surface area (Å²) in [6, 6.07) is 11.3. The van der Waals surface area contributed by atoms with Crippen LogP contribution in [0.5, 0.6) is 0 Å². The van der Waals surface area contributed by atoms with Crippen LogP contribution in [0.1, 0.15) is 11.1 Å². The summed E-state index contributed by atoms with van der Waals surface area (Å²) in [5.41, 5.74) is 2.01. The summed E-state index contributed by atoms with van der Waals surface area (Å²) < 4.78 is 27.1. The molecule has 2 rings (SSSR count). The van der Waals surface area contributed by atoms with E-state index in [-0.39, 0.29) is 17.1 Å². The maximum absolute atomic E-state index is 12.3. The number of nitrogens with one attached hydrogen (secondary N) is 1. The van der Waals surface area contributed by atoms with Crippen molar-refractivity contribution in [3.8, 4) is 0 Å². The summed E-state index contributed by atoms with van der Waals surface area (Å²) in [5.74, 6) is 0. The monoisotopic (exact) mass is 349 g/mol. The molecular formula is C16H19N3O4S. The molecule has 0 atom stereocenters. The predicted octanol–water partition coefficient (Wildman–Crippen LogP) is 2.45. The summed E-state index contributed by atoms with van der Waals surface area (Å²) in [5, 5.41) is 11.0. The SMILES string of the molecule is Cc1ccc(S(=O)(=O)NCc2ccc(N(C)C)cc2)cc1[N+](=O)[O-]. The molecule has 0 aliphatic rings. The van der Waals surface area contributed by atoms with E-state index in [9.17, 15) is 18.5 Å². The minimum Gasteiger partial charge on any atom is -0.378 e. The molecule has 0 amide bonds. The van der Waals surface area contributed by atoms with Crippen LogP contribution in [0, 0.1) is 17.0 Å². The van der Waals surface area contributed by atoms with E-state index in [1.165, 1.54) is 12.1 Å². The molecule has 8 heteroatoms. The van der Waals surface area contributed by atoms with Gasteiger partial charge in [0.1, 0.15) is 0 Å². The summed E-state index contributed by atoms with van der Waals surface area (Å²) in [6.45, 7) is 1.67. The molecule has 2 aromatic carbocycles. The van der Waals surface area contributed by atoms with Gasteiger partial charge in [0.2, 0.25) is 10.0 Å². The van der Waals surface area contributed by atoms with E-state index >= 15 is 0 Å². The zero-order chi connectivity index (χ0) is 17.9. The molecule has 0 saturated heterocycles. The molecule has 24 heavy (non-hydrogen) atoms. The van der Waals surface area contributed by atoms with Crippen molar-refractivity contribution in [2.75, 3.05) is 19.0 Å². The van der Waals surface area contributed by atoms with Crippen molar-refractivity contribution in [1.82, 2.24) is 4.72 Å². The Morgan fingerprint density at radius 2 is 1.75 bits per heavy atom. The number of nitro benzene ring substituents is 1. The minimum atomic E-state index is -3.82. The fourth-order valence-electron chi connectivity index (χ4n) is 2.13. The number of sulfonamides is 1. The lowest BCUT2D eigenvalue weighted by Crippen LogP contribution is -2.23. The third kappa shape index (κ3) is 4.09. The van der Waals surface area contributed by atoms with Gasteiger partial charge in [-0.3, -0.25) is 10.1 Å². The van der Waals surface area contributed by atoms with Gasteiger partial charge in [-0.25, -0.2) is 13.1 Å². The normalized spacial score (nSPS) is 11.3. The Morgan fingerprint density at radius 1 is 1.12 bits per heavy atom. The van der Waals surface area contributed by atoms with Crippen LogP contribution in [0.15, 0.2) is 47.4 Å². The van der Waals surface area contributed by atoms with E-state index in [2.05, 4.69) is 4.72 Å². The summed E-state index contributed by atoms with van der Waals surface area (Å²) >= 11 is 0. The average Bonchev–Trinajstić information content (AvgIpc) is 2.53. The first-order valence-electron chi connectivity index (χ1n) is 7.21. The minimum absolute atomic E-state index is 0.109. The first-order valence-corrected chi connectivity index (χ1v) is 8.70. The third-order valence-corrected chi connectivity index (χ3v) is 5.01. The molecule has 0 bridgehead atoms. The van der Waals surface area contributed by atoms with Gasteiger partial charge in [0.15, 0.2) is 0 Å². The van der Waals surface area contributed by atoms with Crippen LogP contribution in [-0.4, -0.2) is 27.4 Å². The van der Waals surface area contributed by atoms with E-state index in [0.717, 1.165) is 17.3 Å². The number of rotatable bonds is 6.